The van der Waals surface area contributed by atoms with E-state index in [-0.39, 0.29) is 32.6 Å². The van der Waals surface area contributed by atoms with Crippen molar-refractivity contribution in [2.75, 3.05) is 4.90 Å². The minimum absolute atomic E-state index is 0.0539. The van der Waals surface area contributed by atoms with Gasteiger partial charge in [0.15, 0.2) is 10.9 Å². The molecule has 0 bridgehead atoms. The molecular formula is C23H14Cl3N3O3S. The van der Waals surface area contributed by atoms with Crippen LogP contribution in [0.2, 0.25) is 15.1 Å². The number of aryl methyl sites for hydroxylation is 1. The van der Waals surface area contributed by atoms with Crippen LogP contribution in [0.4, 0.5) is 5.69 Å². The van der Waals surface area contributed by atoms with Crippen LogP contribution in [0.5, 0.6) is 0 Å². The first-order valence-electron chi connectivity index (χ1n) is 9.48. The molecule has 2 heterocycles. The van der Waals surface area contributed by atoms with Crippen LogP contribution < -0.4 is 10.2 Å². The zero-order chi connectivity index (χ0) is 23.9. The zero-order valence-corrected chi connectivity index (χ0v) is 20.0. The van der Waals surface area contributed by atoms with Gasteiger partial charge in [0.2, 0.25) is 0 Å². The van der Waals surface area contributed by atoms with Gasteiger partial charge in [0.05, 0.1) is 10.7 Å². The van der Waals surface area contributed by atoms with E-state index in [2.05, 4.69) is 5.32 Å². The molecular weight excluding hydrogens is 505 g/mol. The third kappa shape index (κ3) is 4.58. The van der Waals surface area contributed by atoms with Gasteiger partial charge in [-0.3, -0.25) is 24.6 Å². The predicted octanol–water partition coefficient (Wildman–Crippen LogP) is 5.05. The van der Waals surface area contributed by atoms with Crippen molar-refractivity contribution < 1.29 is 14.4 Å². The minimum atomic E-state index is -0.665. The molecule has 33 heavy (non-hydrogen) atoms. The van der Waals surface area contributed by atoms with E-state index in [0.29, 0.717) is 21.3 Å². The van der Waals surface area contributed by atoms with E-state index >= 15 is 0 Å². The fourth-order valence-electron chi connectivity index (χ4n) is 3.37. The largest absolute Gasteiger partial charge is 0.356 e. The van der Waals surface area contributed by atoms with Gasteiger partial charge < -0.3 is 4.57 Å². The van der Waals surface area contributed by atoms with Crippen LogP contribution in [0.25, 0.3) is 6.08 Å². The van der Waals surface area contributed by atoms with Crippen LogP contribution in [0.3, 0.4) is 0 Å². The summed E-state index contributed by atoms with van der Waals surface area (Å²) < 4.78 is 1.65. The van der Waals surface area contributed by atoms with Crippen molar-refractivity contribution in [1.29, 1.82) is 0 Å². The molecule has 1 N–H and O–H groups in total. The number of thiocarbonyl (C=S) groups is 1. The van der Waals surface area contributed by atoms with Crippen LogP contribution >= 0.6 is 47.0 Å². The average molecular weight is 519 g/mol. The number of halogens is 3. The molecule has 4 rings (SSSR count). The summed E-state index contributed by atoms with van der Waals surface area (Å²) in [5, 5.41) is 3.54. The minimum Gasteiger partial charge on any atom is -0.356 e. The molecule has 0 aliphatic carbocycles. The number of carbonyl (C=O) groups excluding carboxylic acids is 3. The highest BCUT2D eigenvalue weighted by molar-refractivity contribution is 7.80. The van der Waals surface area contributed by atoms with E-state index < -0.39 is 11.8 Å². The molecule has 3 aromatic rings. The van der Waals surface area contributed by atoms with E-state index in [1.807, 2.05) is 0 Å². The Kier molecular flexibility index (Phi) is 6.41. The average Bonchev–Trinajstić information content (AvgIpc) is 3.12. The van der Waals surface area contributed by atoms with Gasteiger partial charge in [-0.25, -0.2) is 0 Å². The van der Waals surface area contributed by atoms with Crippen molar-refractivity contribution in [1.82, 2.24) is 9.88 Å². The Bertz CT molecular complexity index is 1360. The molecule has 2 aromatic carbocycles. The van der Waals surface area contributed by atoms with Gasteiger partial charge >= 0.3 is 0 Å². The monoisotopic (exact) mass is 517 g/mol. The molecule has 10 heteroatoms. The first-order chi connectivity index (χ1) is 15.7. The first-order valence-corrected chi connectivity index (χ1v) is 11.0. The number of benzene rings is 2. The Morgan fingerprint density at radius 2 is 1.64 bits per heavy atom. The maximum absolute atomic E-state index is 13.2. The normalized spacial score (nSPS) is 15.2. The molecule has 166 valence electrons. The van der Waals surface area contributed by atoms with E-state index in [1.54, 1.807) is 54.3 Å². The first kappa shape index (κ1) is 23.2. The van der Waals surface area contributed by atoms with E-state index in [1.165, 1.54) is 23.1 Å². The topological polar surface area (TPSA) is 71.4 Å². The lowest BCUT2D eigenvalue weighted by molar-refractivity contribution is -0.122. The Morgan fingerprint density at radius 1 is 0.970 bits per heavy atom. The Balaban J connectivity index is 1.76. The molecule has 0 unspecified atom stereocenters. The highest BCUT2D eigenvalue weighted by Crippen LogP contribution is 2.28. The second kappa shape index (κ2) is 9.11. The highest BCUT2D eigenvalue weighted by Gasteiger charge is 2.35. The maximum Gasteiger partial charge on any atom is 0.270 e. The van der Waals surface area contributed by atoms with Gasteiger partial charge in [-0.15, -0.1) is 0 Å². The van der Waals surface area contributed by atoms with Gasteiger partial charge in [-0.2, -0.15) is 0 Å². The smallest absolute Gasteiger partial charge is 0.270 e. The third-order valence-corrected chi connectivity index (χ3v) is 5.98. The second-order valence-corrected chi connectivity index (χ2v) is 8.85. The molecule has 0 atom stereocenters. The Morgan fingerprint density at radius 3 is 2.30 bits per heavy atom. The highest BCUT2D eigenvalue weighted by atomic mass is 35.5. The number of aromatic nitrogens is 1. The van der Waals surface area contributed by atoms with Gasteiger partial charge in [0, 0.05) is 46.2 Å². The van der Waals surface area contributed by atoms with Crippen LogP contribution in [0.1, 0.15) is 21.5 Å². The Labute approximate surface area is 209 Å². The summed E-state index contributed by atoms with van der Waals surface area (Å²) in [6.07, 6.45) is 4.58. The molecule has 1 aromatic heterocycles. The fourth-order valence-corrected chi connectivity index (χ4v) is 4.27. The van der Waals surface area contributed by atoms with Gasteiger partial charge in [0.25, 0.3) is 11.8 Å². The van der Waals surface area contributed by atoms with Crippen LogP contribution in [0, 0.1) is 0 Å². The van der Waals surface area contributed by atoms with Crippen LogP contribution in [-0.4, -0.2) is 27.3 Å². The lowest BCUT2D eigenvalue weighted by Crippen LogP contribution is -2.54. The standard InChI is InChI=1S/C23H14Cl3N3O3S/c1-28-10-12(18(11-28)20(30)16-7-4-14(25)9-19(16)26)8-17-21(31)27-23(33)29(22(17)32)15-5-2-13(24)3-6-15/h2-11H,1H3,(H,27,31,33). The second-order valence-electron chi connectivity index (χ2n) is 7.18. The zero-order valence-electron chi connectivity index (χ0n) is 16.9. The van der Waals surface area contributed by atoms with Crippen molar-refractivity contribution in [2.45, 2.75) is 0 Å². The van der Waals surface area contributed by atoms with E-state index in [9.17, 15) is 14.4 Å². The summed E-state index contributed by atoms with van der Waals surface area (Å²) in [5.74, 6) is -1.67. The predicted molar refractivity (Wildman–Crippen MR) is 133 cm³/mol. The molecule has 1 saturated heterocycles. The molecule has 0 saturated carbocycles. The number of nitrogens with zero attached hydrogens (tertiary/aromatic N) is 2. The summed E-state index contributed by atoms with van der Waals surface area (Å²) in [6, 6.07) is 11.0. The maximum atomic E-state index is 13.2. The fraction of sp³-hybridized carbons (Fsp3) is 0.0435. The number of rotatable bonds is 4. The number of anilines is 1. The van der Waals surface area contributed by atoms with Crippen molar-refractivity contribution >= 4 is 81.5 Å². The Hall–Kier alpha value is -2.97. The molecule has 1 aliphatic heterocycles. The summed E-state index contributed by atoms with van der Waals surface area (Å²) >= 11 is 23.3. The van der Waals surface area contributed by atoms with Crippen molar-refractivity contribution in [3.63, 3.8) is 0 Å². The summed E-state index contributed by atoms with van der Waals surface area (Å²) in [7, 11) is 1.72. The molecule has 0 radical (unpaired) electrons. The number of amides is 2. The number of hydrogen-bond acceptors (Lipinski definition) is 4. The lowest BCUT2D eigenvalue weighted by Gasteiger charge is -2.28. The van der Waals surface area contributed by atoms with Gasteiger partial charge in [0.1, 0.15) is 5.57 Å². The molecule has 0 spiro atoms. The van der Waals surface area contributed by atoms with E-state index in [4.69, 9.17) is 47.0 Å². The number of hydrogen-bond donors (Lipinski definition) is 1. The van der Waals surface area contributed by atoms with Crippen molar-refractivity contribution in [3.8, 4) is 0 Å². The quantitative estimate of drug-likeness (QED) is 0.227. The molecule has 6 nitrogen and oxygen atoms in total. The number of ketones is 1. The summed E-state index contributed by atoms with van der Waals surface area (Å²) in [5.41, 5.74) is 1.14. The van der Waals surface area contributed by atoms with Crippen LogP contribution in [0.15, 0.2) is 60.4 Å². The molecule has 1 fully saturated rings. The lowest BCUT2D eigenvalue weighted by atomic mass is 10.00. The van der Waals surface area contributed by atoms with Gasteiger partial charge in [-0.1, -0.05) is 34.8 Å². The summed E-state index contributed by atoms with van der Waals surface area (Å²) in [6.45, 7) is 0. The summed E-state index contributed by atoms with van der Waals surface area (Å²) in [4.78, 5) is 40.3. The SMILES string of the molecule is Cn1cc(C=C2C(=O)NC(=S)N(c3ccc(Cl)cc3)C2=O)c(C(=O)c2ccc(Cl)cc2Cl)c1. The van der Waals surface area contributed by atoms with E-state index in [0.717, 1.165) is 0 Å². The molecule has 1 aliphatic rings. The number of nitrogens with one attached hydrogen (secondary N) is 1. The third-order valence-electron chi connectivity index (χ3n) is 4.89. The number of carbonyl (C=O) groups is 3. The van der Waals surface area contributed by atoms with Crippen LogP contribution in [-0.2, 0) is 16.6 Å². The van der Waals surface area contributed by atoms with Crippen molar-refractivity contribution in [3.05, 3.63) is 92.2 Å². The van der Waals surface area contributed by atoms with Crippen molar-refractivity contribution in [2.24, 2.45) is 7.05 Å². The molecule has 2 amide bonds. The van der Waals surface area contributed by atoms with Gasteiger partial charge in [-0.05, 0) is 60.8 Å².